The normalized spacial score (nSPS) is 12.0. The van der Waals surface area contributed by atoms with E-state index >= 15 is 0 Å². The highest BCUT2D eigenvalue weighted by Gasteiger charge is 2.24. The second kappa shape index (κ2) is 8.02. The molecule has 0 bridgehead atoms. The fourth-order valence-corrected chi connectivity index (χ4v) is 3.23. The maximum atomic E-state index is 13.1. The van der Waals surface area contributed by atoms with Crippen LogP contribution in [-0.4, -0.2) is 28.0 Å². The van der Waals surface area contributed by atoms with E-state index in [2.05, 4.69) is 15.6 Å². The van der Waals surface area contributed by atoms with Crippen LogP contribution in [0.4, 0.5) is 10.1 Å². The van der Waals surface area contributed by atoms with Crippen molar-refractivity contribution in [2.45, 2.75) is 19.9 Å². The number of ether oxygens (including phenoxy) is 1. The van der Waals surface area contributed by atoms with Gasteiger partial charge in [0.15, 0.2) is 5.52 Å². The number of hydrogen-bond donors (Lipinski definition) is 1. The zero-order valence-electron chi connectivity index (χ0n) is 17.0. The Bertz CT molecular complexity index is 1330. The molecule has 4 rings (SSSR count). The van der Waals surface area contributed by atoms with Gasteiger partial charge < -0.3 is 14.6 Å². The average molecular weight is 422 g/mol. The first kappa shape index (κ1) is 20.3. The van der Waals surface area contributed by atoms with Crippen molar-refractivity contribution >= 4 is 22.5 Å². The minimum Gasteiger partial charge on any atom is -0.497 e. The molecule has 8 nitrogen and oxygen atoms in total. The molecule has 2 heterocycles. The number of benzene rings is 2. The van der Waals surface area contributed by atoms with Crippen molar-refractivity contribution in [2.75, 3.05) is 12.4 Å². The molecular formula is C22H19FN4O4. The first-order valence-electron chi connectivity index (χ1n) is 9.48. The summed E-state index contributed by atoms with van der Waals surface area (Å²) in [6, 6.07) is 11.5. The third kappa shape index (κ3) is 3.77. The summed E-state index contributed by atoms with van der Waals surface area (Å²) in [6.07, 6.45) is 0. The fourth-order valence-electron chi connectivity index (χ4n) is 3.23. The number of fused-ring (bicyclic) bond motifs is 1. The zero-order valence-corrected chi connectivity index (χ0v) is 17.0. The molecule has 0 saturated heterocycles. The number of anilines is 1. The van der Waals surface area contributed by atoms with Gasteiger partial charge in [-0.25, -0.2) is 9.07 Å². The van der Waals surface area contributed by atoms with Gasteiger partial charge in [-0.05, 0) is 50.2 Å². The molecule has 4 aromatic rings. The largest absolute Gasteiger partial charge is 0.497 e. The van der Waals surface area contributed by atoms with Crippen molar-refractivity contribution in [3.8, 4) is 17.0 Å². The Morgan fingerprint density at radius 1 is 1.23 bits per heavy atom. The molecule has 0 fully saturated rings. The SMILES string of the molecule is COc1cccc(-c2nn([C@@H](C)C(=O)Nc3ccc(F)cc3)c(=O)c3noc(C)c23)c1. The van der Waals surface area contributed by atoms with Gasteiger partial charge in [-0.3, -0.25) is 9.59 Å². The first-order chi connectivity index (χ1) is 14.9. The van der Waals surface area contributed by atoms with E-state index in [9.17, 15) is 14.0 Å². The summed E-state index contributed by atoms with van der Waals surface area (Å²) in [4.78, 5) is 25.8. The quantitative estimate of drug-likeness (QED) is 0.526. The highest BCUT2D eigenvalue weighted by molar-refractivity contribution is 5.95. The first-order valence-corrected chi connectivity index (χ1v) is 9.48. The third-order valence-corrected chi connectivity index (χ3v) is 4.92. The second-order valence-corrected chi connectivity index (χ2v) is 6.96. The Labute approximate surface area is 176 Å². The summed E-state index contributed by atoms with van der Waals surface area (Å²) in [5.74, 6) is 0.144. The molecule has 0 aliphatic rings. The number of amides is 1. The van der Waals surface area contributed by atoms with E-state index in [1.807, 2.05) is 6.07 Å². The van der Waals surface area contributed by atoms with Gasteiger partial charge in [0.2, 0.25) is 5.91 Å². The van der Waals surface area contributed by atoms with Gasteiger partial charge >= 0.3 is 0 Å². The number of aromatic nitrogens is 3. The highest BCUT2D eigenvalue weighted by Crippen LogP contribution is 2.30. The maximum absolute atomic E-state index is 13.1. The van der Waals surface area contributed by atoms with Crippen molar-refractivity contribution in [2.24, 2.45) is 0 Å². The number of aryl methyl sites for hydroxylation is 1. The maximum Gasteiger partial charge on any atom is 0.297 e. The summed E-state index contributed by atoms with van der Waals surface area (Å²) in [5.41, 5.74) is 1.04. The van der Waals surface area contributed by atoms with Crippen LogP contribution in [0.5, 0.6) is 5.75 Å². The molecule has 9 heteroatoms. The molecule has 0 aliphatic heterocycles. The molecule has 31 heavy (non-hydrogen) atoms. The van der Waals surface area contributed by atoms with E-state index in [0.717, 1.165) is 4.68 Å². The number of nitrogens with zero attached hydrogens (tertiary/aromatic N) is 3. The number of nitrogens with one attached hydrogen (secondary N) is 1. The molecule has 2 aromatic heterocycles. The minimum atomic E-state index is -0.969. The van der Waals surface area contributed by atoms with E-state index in [4.69, 9.17) is 9.26 Å². The second-order valence-electron chi connectivity index (χ2n) is 6.96. The minimum absolute atomic E-state index is 0.0757. The Balaban J connectivity index is 1.80. The molecule has 1 amide bonds. The molecule has 2 aromatic carbocycles. The lowest BCUT2D eigenvalue weighted by Crippen LogP contribution is -2.34. The van der Waals surface area contributed by atoms with Gasteiger partial charge in [0, 0.05) is 11.3 Å². The smallest absolute Gasteiger partial charge is 0.297 e. The number of hydrogen-bond acceptors (Lipinski definition) is 6. The van der Waals surface area contributed by atoms with E-state index in [1.54, 1.807) is 39.2 Å². The lowest BCUT2D eigenvalue weighted by Gasteiger charge is -2.16. The fraction of sp³-hybridized carbons (Fsp3) is 0.182. The van der Waals surface area contributed by atoms with Crippen LogP contribution in [-0.2, 0) is 4.79 Å². The van der Waals surface area contributed by atoms with Gasteiger partial charge in [-0.1, -0.05) is 17.3 Å². The third-order valence-electron chi connectivity index (χ3n) is 4.92. The Morgan fingerprint density at radius 2 is 1.97 bits per heavy atom. The van der Waals surface area contributed by atoms with Gasteiger partial charge in [-0.2, -0.15) is 5.10 Å². The zero-order chi connectivity index (χ0) is 22.1. The van der Waals surface area contributed by atoms with Crippen LogP contribution in [0.25, 0.3) is 22.2 Å². The van der Waals surface area contributed by atoms with E-state index in [-0.39, 0.29) is 5.52 Å². The van der Waals surface area contributed by atoms with Crippen LogP contribution in [0.3, 0.4) is 0 Å². The van der Waals surface area contributed by atoms with Gasteiger partial charge in [0.1, 0.15) is 29.1 Å². The van der Waals surface area contributed by atoms with Gasteiger partial charge in [-0.15, -0.1) is 0 Å². The lowest BCUT2D eigenvalue weighted by molar-refractivity contribution is -0.119. The lowest BCUT2D eigenvalue weighted by atomic mass is 10.1. The van der Waals surface area contributed by atoms with Crippen molar-refractivity contribution < 1.29 is 18.4 Å². The number of rotatable bonds is 5. The predicted octanol–water partition coefficient (Wildman–Crippen LogP) is 3.71. The number of methoxy groups -OCH3 is 1. The molecule has 0 spiro atoms. The summed E-state index contributed by atoms with van der Waals surface area (Å²) in [7, 11) is 1.55. The Kier molecular flexibility index (Phi) is 5.24. The van der Waals surface area contributed by atoms with E-state index < -0.39 is 23.3 Å². The predicted molar refractivity (Wildman–Crippen MR) is 113 cm³/mol. The molecule has 158 valence electrons. The summed E-state index contributed by atoms with van der Waals surface area (Å²) >= 11 is 0. The van der Waals surface area contributed by atoms with Crippen LogP contribution < -0.4 is 15.6 Å². The number of carbonyl (C=O) groups is 1. The monoisotopic (exact) mass is 422 g/mol. The topological polar surface area (TPSA) is 99.2 Å². The molecule has 0 radical (unpaired) electrons. The van der Waals surface area contributed by atoms with Crippen LogP contribution in [0, 0.1) is 12.7 Å². The van der Waals surface area contributed by atoms with Crippen LogP contribution in [0.1, 0.15) is 18.7 Å². The van der Waals surface area contributed by atoms with E-state index in [0.29, 0.717) is 33.8 Å². The van der Waals surface area contributed by atoms with Gasteiger partial charge in [0.25, 0.3) is 5.56 Å². The van der Waals surface area contributed by atoms with Crippen molar-refractivity contribution in [1.29, 1.82) is 0 Å². The molecule has 0 unspecified atom stereocenters. The Hall–Kier alpha value is -4.01. The van der Waals surface area contributed by atoms with Crippen molar-refractivity contribution in [3.05, 3.63) is 70.5 Å². The average Bonchev–Trinajstić information content (AvgIpc) is 3.17. The van der Waals surface area contributed by atoms with Crippen LogP contribution in [0.2, 0.25) is 0 Å². The van der Waals surface area contributed by atoms with Gasteiger partial charge in [0.05, 0.1) is 12.5 Å². The Morgan fingerprint density at radius 3 is 2.68 bits per heavy atom. The molecule has 1 atom stereocenters. The standard InChI is InChI=1S/C22H19FN4O4/c1-12(21(28)24-16-9-7-15(23)8-10-16)27-22(29)20-18(13(2)31-26-20)19(25-27)14-5-4-6-17(11-14)30-3/h4-12H,1-3H3,(H,24,28)/t12-/m0/s1. The van der Waals surface area contributed by atoms with E-state index in [1.165, 1.54) is 24.3 Å². The summed E-state index contributed by atoms with van der Waals surface area (Å²) in [6.45, 7) is 3.23. The van der Waals surface area contributed by atoms with Crippen LogP contribution >= 0.6 is 0 Å². The molecule has 0 saturated carbocycles. The van der Waals surface area contributed by atoms with Crippen molar-refractivity contribution in [3.63, 3.8) is 0 Å². The van der Waals surface area contributed by atoms with Crippen molar-refractivity contribution in [1.82, 2.24) is 14.9 Å². The number of halogens is 1. The molecular weight excluding hydrogens is 403 g/mol. The number of carbonyl (C=O) groups excluding carboxylic acids is 1. The highest BCUT2D eigenvalue weighted by atomic mass is 19.1. The van der Waals surface area contributed by atoms with Crippen LogP contribution in [0.15, 0.2) is 57.8 Å². The molecule has 0 aliphatic carbocycles. The summed E-state index contributed by atoms with van der Waals surface area (Å²) in [5, 5.41) is 11.5. The molecule has 1 N–H and O–H groups in total. The summed E-state index contributed by atoms with van der Waals surface area (Å²) < 4.78 is 24.7.